The van der Waals surface area contributed by atoms with Crippen LogP contribution in [0.15, 0.2) is 0 Å². The average molecular weight is 254 g/mol. The van der Waals surface area contributed by atoms with E-state index in [0.29, 0.717) is 0 Å². The zero-order chi connectivity index (χ0) is 13.2. The van der Waals surface area contributed by atoms with Gasteiger partial charge in [0.25, 0.3) is 5.60 Å². The Morgan fingerprint density at radius 2 is 1.38 bits per heavy atom. The van der Waals surface area contributed by atoms with Crippen molar-refractivity contribution in [2.45, 2.75) is 45.0 Å². The van der Waals surface area contributed by atoms with Crippen LogP contribution in [0.25, 0.3) is 0 Å². The van der Waals surface area contributed by atoms with Gasteiger partial charge in [0.1, 0.15) is 0 Å². The van der Waals surface area contributed by atoms with Crippen LogP contribution in [0.5, 0.6) is 0 Å². The van der Waals surface area contributed by atoms with E-state index in [4.69, 9.17) is 0 Å². The maximum absolute atomic E-state index is 12.3. The Morgan fingerprint density at radius 3 is 1.62 bits per heavy atom. The molecule has 0 bridgehead atoms. The summed E-state index contributed by atoms with van der Waals surface area (Å²) >= 11 is 0. The predicted octanol–water partition coefficient (Wildman–Crippen LogP) is 3.27. The topological polar surface area (TPSA) is 18.5 Å². The average Bonchev–Trinajstić information content (AvgIpc) is 1.99. The molecule has 0 heterocycles. The van der Waals surface area contributed by atoms with Crippen molar-refractivity contribution in [2.24, 2.45) is 0 Å². The van der Waals surface area contributed by atoms with Gasteiger partial charge >= 0.3 is 12.4 Å². The molecule has 0 spiro atoms. The molecule has 0 fully saturated rings. The third kappa shape index (κ3) is 3.24. The first-order valence-corrected chi connectivity index (χ1v) is 4.38. The molecule has 0 aliphatic carbocycles. The summed E-state index contributed by atoms with van der Waals surface area (Å²) in [5.41, 5.74) is -4.23. The predicted molar refractivity (Wildman–Crippen MR) is 42.7 cm³/mol. The molecule has 0 aliphatic rings. The molecule has 1 unspecified atom stereocenters. The molecular weight excluding hydrogens is 242 g/mol. The minimum Gasteiger partial charge on any atom is -0.353 e. The van der Waals surface area contributed by atoms with E-state index in [2.05, 4.69) is 9.47 Å². The maximum atomic E-state index is 12.3. The fraction of sp³-hybridized carbons (Fsp3) is 1.00. The van der Waals surface area contributed by atoms with E-state index >= 15 is 0 Å². The molecule has 1 atom stereocenters. The minimum atomic E-state index is -5.56. The number of alkyl halides is 6. The zero-order valence-electron chi connectivity index (χ0n) is 8.87. The molecule has 0 N–H and O–H groups in total. The van der Waals surface area contributed by atoms with Crippen LogP contribution in [0, 0.1) is 0 Å². The second-order valence-electron chi connectivity index (χ2n) is 3.17. The van der Waals surface area contributed by atoms with Crippen molar-refractivity contribution < 1.29 is 35.8 Å². The normalized spacial score (nSPS) is 16.3. The lowest BCUT2D eigenvalue weighted by molar-refractivity contribution is -0.400. The van der Waals surface area contributed by atoms with Crippen LogP contribution in [0.3, 0.4) is 0 Å². The summed E-state index contributed by atoms with van der Waals surface area (Å²) in [6.45, 7) is 2.28. The highest BCUT2D eigenvalue weighted by Gasteiger charge is 2.69. The zero-order valence-corrected chi connectivity index (χ0v) is 8.87. The van der Waals surface area contributed by atoms with E-state index in [1.165, 1.54) is 6.92 Å². The van der Waals surface area contributed by atoms with Crippen molar-refractivity contribution in [1.29, 1.82) is 0 Å². The number of hydrogen-bond acceptors (Lipinski definition) is 2. The number of ether oxygens (including phenoxy) is 2. The number of hydrogen-bond donors (Lipinski definition) is 0. The first kappa shape index (κ1) is 15.5. The first-order valence-electron chi connectivity index (χ1n) is 4.38. The molecule has 98 valence electrons. The third-order valence-corrected chi connectivity index (χ3v) is 1.88. The van der Waals surface area contributed by atoms with Crippen LogP contribution in [0.4, 0.5) is 26.3 Å². The molecule has 0 aromatic carbocycles. The van der Waals surface area contributed by atoms with Gasteiger partial charge in [0, 0.05) is 6.61 Å². The summed E-state index contributed by atoms with van der Waals surface area (Å²) < 4.78 is 82.2. The van der Waals surface area contributed by atoms with E-state index in [1.54, 1.807) is 0 Å². The summed E-state index contributed by atoms with van der Waals surface area (Å²) in [7, 11) is 0. The third-order valence-electron chi connectivity index (χ3n) is 1.88. The molecule has 0 saturated heterocycles. The summed E-state index contributed by atoms with van der Waals surface area (Å²) in [5, 5.41) is 0. The van der Waals surface area contributed by atoms with E-state index < -0.39 is 24.2 Å². The Labute approximate surface area is 88.5 Å². The summed E-state index contributed by atoms with van der Waals surface area (Å²) in [5.74, 6) is 0. The lowest BCUT2D eigenvalue weighted by atomic mass is 10.1. The Balaban J connectivity index is 4.98. The number of halogens is 6. The van der Waals surface area contributed by atoms with Crippen LogP contribution in [-0.4, -0.2) is 30.9 Å². The summed E-state index contributed by atoms with van der Waals surface area (Å²) in [6, 6.07) is 0. The van der Waals surface area contributed by atoms with Crippen LogP contribution < -0.4 is 0 Å². The minimum absolute atomic E-state index is 0.0486. The van der Waals surface area contributed by atoms with Crippen LogP contribution >= 0.6 is 0 Å². The van der Waals surface area contributed by atoms with Gasteiger partial charge < -0.3 is 9.47 Å². The van der Waals surface area contributed by atoms with E-state index in [0.717, 1.165) is 6.92 Å². The van der Waals surface area contributed by atoms with Crippen molar-refractivity contribution in [1.82, 2.24) is 0 Å². The van der Waals surface area contributed by atoms with Crippen molar-refractivity contribution in [2.75, 3.05) is 6.61 Å². The highest BCUT2D eigenvalue weighted by molar-refractivity contribution is 4.91. The fourth-order valence-corrected chi connectivity index (χ4v) is 0.895. The van der Waals surface area contributed by atoms with Crippen molar-refractivity contribution >= 4 is 0 Å². The Kier molecular flexibility index (Phi) is 4.64. The molecular formula is C8H12F6O2. The molecule has 8 heteroatoms. The lowest BCUT2D eigenvalue weighted by Crippen LogP contribution is -2.57. The smallest absolute Gasteiger partial charge is 0.353 e. The maximum Gasteiger partial charge on any atom is 0.426 e. The molecule has 0 saturated carbocycles. The van der Waals surface area contributed by atoms with Crippen molar-refractivity contribution in [3.63, 3.8) is 0 Å². The van der Waals surface area contributed by atoms with E-state index in [9.17, 15) is 26.3 Å². The largest absolute Gasteiger partial charge is 0.426 e. The van der Waals surface area contributed by atoms with Gasteiger partial charge in [0.05, 0.1) is 0 Å². The molecule has 0 aromatic heterocycles. The van der Waals surface area contributed by atoms with Crippen LogP contribution in [0.2, 0.25) is 0 Å². The van der Waals surface area contributed by atoms with Gasteiger partial charge in [-0.1, -0.05) is 0 Å². The Hall–Kier alpha value is -0.500. The summed E-state index contributed by atoms with van der Waals surface area (Å²) in [6.07, 6.45) is -12.7. The molecule has 0 aliphatic heterocycles. The first-order chi connectivity index (χ1) is 6.95. The van der Waals surface area contributed by atoms with E-state index in [-0.39, 0.29) is 13.5 Å². The standard InChI is InChI=1S/C8H12F6O2/c1-4-15-5(2)16-6(3,7(9,10)11)8(12,13)14/h5H,4H2,1-3H3. The second-order valence-corrected chi connectivity index (χ2v) is 3.17. The molecule has 0 radical (unpaired) electrons. The van der Waals surface area contributed by atoms with Crippen LogP contribution in [0.1, 0.15) is 20.8 Å². The number of rotatable bonds is 4. The molecule has 0 rings (SSSR count). The molecule has 0 amide bonds. The van der Waals surface area contributed by atoms with Gasteiger partial charge in [-0.2, -0.15) is 26.3 Å². The quantitative estimate of drug-likeness (QED) is 0.566. The van der Waals surface area contributed by atoms with Gasteiger partial charge in [-0.15, -0.1) is 0 Å². The van der Waals surface area contributed by atoms with Crippen molar-refractivity contribution in [3.05, 3.63) is 0 Å². The summed E-state index contributed by atoms with van der Waals surface area (Å²) in [4.78, 5) is 0. The highest BCUT2D eigenvalue weighted by Crippen LogP contribution is 2.46. The fourth-order valence-electron chi connectivity index (χ4n) is 0.895. The van der Waals surface area contributed by atoms with Crippen LogP contribution in [-0.2, 0) is 9.47 Å². The molecule has 2 nitrogen and oxygen atoms in total. The Morgan fingerprint density at radius 1 is 1.00 bits per heavy atom. The van der Waals surface area contributed by atoms with Crippen molar-refractivity contribution in [3.8, 4) is 0 Å². The van der Waals surface area contributed by atoms with Gasteiger partial charge in [0.2, 0.25) is 0 Å². The van der Waals surface area contributed by atoms with E-state index in [1.807, 2.05) is 0 Å². The van der Waals surface area contributed by atoms with Gasteiger partial charge in [-0.25, -0.2) is 0 Å². The van der Waals surface area contributed by atoms with Gasteiger partial charge in [-0.3, -0.25) is 0 Å². The highest BCUT2D eigenvalue weighted by atomic mass is 19.4. The molecule has 0 aromatic rings. The Bertz CT molecular complexity index is 208. The lowest BCUT2D eigenvalue weighted by Gasteiger charge is -2.35. The van der Waals surface area contributed by atoms with Gasteiger partial charge in [-0.05, 0) is 20.8 Å². The second kappa shape index (κ2) is 4.79. The monoisotopic (exact) mass is 254 g/mol. The SMILES string of the molecule is CCOC(C)OC(C)(C(F)(F)F)C(F)(F)F. The van der Waals surface area contributed by atoms with Gasteiger partial charge in [0.15, 0.2) is 6.29 Å². The molecule has 16 heavy (non-hydrogen) atoms.